The Morgan fingerprint density at radius 1 is 1.28 bits per heavy atom. The van der Waals surface area contributed by atoms with Crippen molar-refractivity contribution in [1.82, 2.24) is 0 Å². The van der Waals surface area contributed by atoms with Gasteiger partial charge in [0.05, 0.1) is 5.57 Å². The summed E-state index contributed by atoms with van der Waals surface area (Å²) in [5, 5.41) is 0. The molecule has 0 saturated heterocycles. The van der Waals surface area contributed by atoms with Crippen LogP contribution in [-0.4, -0.2) is 6.29 Å². The fraction of sp³-hybridized carbons (Fsp3) is 0.667. The van der Waals surface area contributed by atoms with E-state index in [1.165, 1.54) is 0 Å². The van der Waals surface area contributed by atoms with Gasteiger partial charge in [0.15, 0.2) is 6.29 Å². The van der Waals surface area contributed by atoms with E-state index in [1.807, 2.05) is 6.92 Å². The van der Waals surface area contributed by atoms with Crippen LogP contribution in [0.5, 0.6) is 0 Å². The van der Waals surface area contributed by atoms with Gasteiger partial charge in [-0.05, 0) is 37.7 Å². The van der Waals surface area contributed by atoms with Crippen molar-refractivity contribution < 1.29 is 9.18 Å². The molecule has 0 aromatic rings. The van der Waals surface area contributed by atoms with Crippen molar-refractivity contribution in [2.75, 3.05) is 0 Å². The first-order chi connectivity index (χ1) is 8.34. The van der Waals surface area contributed by atoms with Crippen molar-refractivity contribution >= 4 is 22.2 Å². The summed E-state index contributed by atoms with van der Waals surface area (Å²) < 4.78 is 14.7. The molecule has 0 aromatic heterocycles. The zero-order chi connectivity index (χ0) is 14.3. The highest BCUT2D eigenvalue weighted by molar-refractivity contribution is 9.11. The Morgan fingerprint density at radius 3 is 2.22 bits per heavy atom. The standard InChI is InChI=1S/C15H24BrFO/c1-6-10(2)7-8-11(3)12(4)15(17)14(9-18)13(5)16/h9-11H,6-8H2,1-5H3/b14-13+,15-12-. The first kappa shape index (κ1) is 17.6. The highest BCUT2D eigenvalue weighted by Gasteiger charge is 2.15. The van der Waals surface area contributed by atoms with Crippen LogP contribution in [0.1, 0.15) is 53.9 Å². The van der Waals surface area contributed by atoms with E-state index in [0.717, 1.165) is 19.3 Å². The van der Waals surface area contributed by atoms with E-state index in [9.17, 15) is 9.18 Å². The number of halogens is 2. The predicted octanol–water partition coefficient (Wildman–Crippen LogP) is 5.56. The summed E-state index contributed by atoms with van der Waals surface area (Å²) in [6.45, 7) is 9.85. The fourth-order valence-corrected chi connectivity index (χ4v) is 1.94. The lowest BCUT2D eigenvalue weighted by Gasteiger charge is -2.16. The molecule has 3 heteroatoms. The molecule has 0 aromatic carbocycles. The Kier molecular flexibility index (Phi) is 8.41. The van der Waals surface area contributed by atoms with E-state index in [2.05, 4.69) is 29.8 Å². The zero-order valence-electron chi connectivity index (χ0n) is 12.0. The van der Waals surface area contributed by atoms with Crippen molar-refractivity contribution in [3.05, 3.63) is 21.5 Å². The molecule has 1 nitrogen and oxygen atoms in total. The SMILES string of the molecule is CCC(C)CCC(C)/C(C)=C(F)/C(C=O)=C(\C)Br. The van der Waals surface area contributed by atoms with Crippen molar-refractivity contribution in [3.63, 3.8) is 0 Å². The van der Waals surface area contributed by atoms with E-state index in [-0.39, 0.29) is 17.3 Å². The maximum Gasteiger partial charge on any atom is 0.153 e. The largest absolute Gasteiger partial charge is 0.298 e. The van der Waals surface area contributed by atoms with Crippen LogP contribution in [0.3, 0.4) is 0 Å². The molecule has 0 aliphatic rings. The average Bonchev–Trinajstić information content (AvgIpc) is 2.34. The molecule has 0 rings (SSSR count). The number of carbonyl (C=O) groups is 1. The summed E-state index contributed by atoms with van der Waals surface area (Å²) in [5.74, 6) is 0.458. The first-order valence-electron chi connectivity index (χ1n) is 6.53. The van der Waals surface area contributed by atoms with Crippen molar-refractivity contribution in [2.24, 2.45) is 11.8 Å². The number of allylic oxidation sites excluding steroid dienone is 4. The van der Waals surface area contributed by atoms with Gasteiger partial charge in [-0.3, -0.25) is 4.79 Å². The smallest absolute Gasteiger partial charge is 0.153 e. The molecule has 0 N–H and O–H groups in total. The van der Waals surface area contributed by atoms with Crippen LogP contribution >= 0.6 is 15.9 Å². The molecule has 0 fully saturated rings. The van der Waals surface area contributed by atoms with Crippen LogP contribution in [-0.2, 0) is 4.79 Å². The summed E-state index contributed by atoms with van der Waals surface area (Å²) >= 11 is 3.17. The summed E-state index contributed by atoms with van der Waals surface area (Å²) in [6.07, 6.45) is 3.78. The highest BCUT2D eigenvalue weighted by Crippen LogP contribution is 2.28. The van der Waals surface area contributed by atoms with E-state index in [4.69, 9.17) is 0 Å². The normalized spacial score (nSPS) is 17.7. The van der Waals surface area contributed by atoms with Crippen molar-refractivity contribution in [2.45, 2.75) is 53.9 Å². The second kappa shape index (κ2) is 8.63. The molecule has 0 radical (unpaired) electrons. The monoisotopic (exact) mass is 318 g/mol. The van der Waals surface area contributed by atoms with Gasteiger partial charge in [0, 0.05) is 4.48 Å². The Hall–Kier alpha value is -0.440. The lowest BCUT2D eigenvalue weighted by Crippen LogP contribution is -2.04. The van der Waals surface area contributed by atoms with Crippen LogP contribution in [0.4, 0.5) is 4.39 Å². The Balaban J connectivity index is 4.84. The van der Waals surface area contributed by atoms with Gasteiger partial charge in [0.2, 0.25) is 0 Å². The van der Waals surface area contributed by atoms with Gasteiger partial charge in [-0.25, -0.2) is 4.39 Å². The number of carbonyl (C=O) groups excluding carboxylic acids is 1. The molecule has 0 spiro atoms. The Labute approximate surface area is 119 Å². The third-order valence-corrected chi connectivity index (χ3v) is 4.03. The van der Waals surface area contributed by atoms with E-state index < -0.39 is 0 Å². The molecule has 0 saturated carbocycles. The first-order valence-corrected chi connectivity index (χ1v) is 7.32. The van der Waals surface area contributed by atoms with E-state index in [1.54, 1.807) is 13.8 Å². The maximum atomic E-state index is 14.1. The third-order valence-electron chi connectivity index (χ3n) is 3.60. The minimum atomic E-state index is -0.379. The summed E-state index contributed by atoms with van der Waals surface area (Å²) in [5.41, 5.74) is 0.794. The number of hydrogen-bond acceptors (Lipinski definition) is 1. The molecular weight excluding hydrogens is 295 g/mol. The highest BCUT2D eigenvalue weighted by atomic mass is 79.9. The molecule has 0 amide bonds. The summed E-state index contributed by atoms with van der Waals surface area (Å²) in [4.78, 5) is 10.9. The number of rotatable bonds is 7. The molecule has 0 heterocycles. The second-order valence-corrected chi connectivity index (χ2v) is 6.24. The Bertz CT molecular complexity index is 340. The van der Waals surface area contributed by atoms with Gasteiger partial charge in [-0.1, -0.05) is 49.5 Å². The van der Waals surface area contributed by atoms with Crippen molar-refractivity contribution in [1.29, 1.82) is 0 Å². The van der Waals surface area contributed by atoms with Crippen LogP contribution in [0.2, 0.25) is 0 Å². The third kappa shape index (κ3) is 5.47. The molecule has 0 bridgehead atoms. The second-order valence-electron chi connectivity index (χ2n) is 5.05. The molecule has 2 atom stereocenters. The minimum absolute atomic E-state index is 0.128. The van der Waals surface area contributed by atoms with Crippen LogP contribution in [0.15, 0.2) is 21.5 Å². The average molecular weight is 319 g/mol. The van der Waals surface area contributed by atoms with Gasteiger partial charge in [-0.15, -0.1) is 0 Å². The minimum Gasteiger partial charge on any atom is -0.298 e. The lowest BCUT2D eigenvalue weighted by atomic mass is 9.90. The Morgan fingerprint density at radius 2 is 1.83 bits per heavy atom. The van der Waals surface area contributed by atoms with E-state index in [0.29, 0.717) is 22.3 Å². The molecule has 0 aliphatic carbocycles. The molecule has 104 valence electrons. The predicted molar refractivity (Wildman–Crippen MR) is 79.4 cm³/mol. The van der Waals surface area contributed by atoms with Crippen LogP contribution in [0, 0.1) is 11.8 Å². The van der Waals surface area contributed by atoms with Gasteiger partial charge >= 0.3 is 0 Å². The maximum absolute atomic E-state index is 14.1. The quantitative estimate of drug-likeness (QED) is 0.341. The fourth-order valence-electron chi connectivity index (χ4n) is 1.67. The van der Waals surface area contributed by atoms with Crippen LogP contribution in [0.25, 0.3) is 0 Å². The summed E-state index contributed by atoms with van der Waals surface area (Å²) in [6, 6.07) is 0. The molecule has 0 aliphatic heterocycles. The topological polar surface area (TPSA) is 17.1 Å². The molecular formula is C15H24BrFO. The van der Waals surface area contributed by atoms with Gasteiger partial charge in [0.1, 0.15) is 5.83 Å². The van der Waals surface area contributed by atoms with Gasteiger partial charge in [0.25, 0.3) is 0 Å². The summed E-state index contributed by atoms with van der Waals surface area (Å²) in [7, 11) is 0. The molecule has 18 heavy (non-hydrogen) atoms. The van der Waals surface area contributed by atoms with Gasteiger partial charge in [-0.2, -0.15) is 0 Å². The van der Waals surface area contributed by atoms with Crippen LogP contribution < -0.4 is 0 Å². The number of aldehydes is 1. The zero-order valence-corrected chi connectivity index (χ0v) is 13.6. The lowest BCUT2D eigenvalue weighted by molar-refractivity contribution is -0.104. The molecule has 2 unspecified atom stereocenters. The number of hydrogen-bond donors (Lipinski definition) is 0. The van der Waals surface area contributed by atoms with E-state index >= 15 is 0 Å². The van der Waals surface area contributed by atoms with Gasteiger partial charge < -0.3 is 0 Å². The van der Waals surface area contributed by atoms with Crippen molar-refractivity contribution in [3.8, 4) is 0 Å².